The largest absolute Gasteiger partial charge is 0.466 e. The van der Waals surface area contributed by atoms with Crippen LogP contribution in [0.15, 0.2) is 0 Å². The Morgan fingerprint density at radius 1 is 1.43 bits per heavy atom. The zero-order valence-corrected chi connectivity index (χ0v) is 18.0. The van der Waals surface area contributed by atoms with E-state index in [0.29, 0.717) is 6.54 Å². The van der Waals surface area contributed by atoms with Crippen LogP contribution in [-0.4, -0.2) is 69.6 Å². The number of aliphatic hydroxyl groups is 1. The molecular formula is C20H32N2O5S. The van der Waals surface area contributed by atoms with Gasteiger partial charge in [0.1, 0.15) is 6.04 Å². The summed E-state index contributed by atoms with van der Waals surface area (Å²) in [6.45, 7) is 8.26. The fraction of sp³-hybridized carbons (Fsp3) is 0.850. The first-order chi connectivity index (χ1) is 13.3. The third kappa shape index (κ3) is 3.03. The number of ether oxygens (including phenoxy) is 1. The quantitative estimate of drug-likeness (QED) is 0.459. The average Bonchev–Trinajstić information content (AvgIpc) is 3.25. The lowest BCUT2D eigenvalue weighted by Gasteiger charge is -2.39. The Hall–Kier alpha value is -1.28. The molecule has 2 amide bonds. The third-order valence-electron chi connectivity index (χ3n) is 6.56. The van der Waals surface area contributed by atoms with Crippen molar-refractivity contribution in [3.05, 3.63) is 0 Å². The van der Waals surface area contributed by atoms with Crippen molar-refractivity contribution in [2.75, 3.05) is 19.8 Å². The van der Waals surface area contributed by atoms with Crippen LogP contribution in [0.3, 0.4) is 0 Å². The van der Waals surface area contributed by atoms with Gasteiger partial charge in [-0.15, -0.1) is 11.8 Å². The molecule has 0 radical (unpaired) electrons. The molecule has 158 valence electrons. The molecule has 2 N–H and O–H groups in total. The molecule has 3 saturated heterocycles. The van der Waals surface area contributed by atoms with Gasteiger partial charge in [0.05, 0.1) is 35.8 Å². The van der Waals surface area contributed by atoms with E-state index in [2.05, 4.69) is 19.2 Å². The van der Waals surface area contributed by atoms with E-state index in [0.717, 1.165) is 19.3 Å². The fourth-order valence-electron chi connectivity index (χ4n) is 5.31. The number of nitrogens with zero attached hydrogens (tertiary/aromatic N) is 1. The lowest BCUT2D eigenvalue weighted by molar-refractivity contribution is -0.154. The molecule has 3 fully saturated rings. The molecule has 2 bridgehead atoms. The molecule has 1 spiro atoms. The van der Waals surface area contributed by atoms with Crippen molar-refractivity contribution in [3.63, 3.8) is 0 Å². The highest BCUT2D eigenvalue weighted by Gasteiger charge is 2.76. The molecule has 3 unspecified atom stereocenters. The topological polar surface area (TPSA) is 95.9 Å². The van der Waals surface area contributed by atoms with Crippen molar-refractivity contribution in [2.24, 2.45) is 17.8 Å². The minimum Gasteiger partial charge on any atom is -0.466 e. The third-order valence-corrected chi connectivity index (χ3v) is 8.64. The van der Waals surface area contributed by atoms with Crippen LogP contribution < -0.4 is 5.32 Å². The number of rotatable bonds is 8. The molecule has 3 heterocycles. The monoisotopic (exact) mass is 412 g/mol. The van der Waals surface area contributed by atoms with Crippen LogP contribution in [0.5, 0.6) is 0 Å². The maximum absolute atomic E-state index is 13.5. The summed E-state index contributed by atoms with van der Waals surface area (Å²) in [6, 6.07) is -1.16. The lowest BCUT2D eigenvalue weighted by atomic mass is 9.66. The zero-order chi connectivity index (χ0) is 20.6. The molecule has 3 rings (SSSR count). The Morgan fingerprint density at radius 3 is 2.75 bits per heavy atom. The summed E-state index contributed by atoms with van der Waals surface area (Å²) in [5, 5.41) is 12.7. The second-order valence-corrected chi connectivity index (χ2v) is 9.77. The van der Waals surface area contributed by atoms with Crippen LogP contribution in [0.1, 0.15) is 47.0 Å². The predicted molar refractivity (Wildman–Crippen MR) is 107 cm³/mol. The van der Waals surface area contributed by atoms with E-state index >= 15 is 0 Å². The van der Waals surface area contributed by atoms with E-state index in [-0.39, 0.29) is 42.2 Å². The molecule has 7 nitrogen and oxygen atoms in total. The molecule has 0 aromatic carbocycles. The minimum atomic E-state index is -0.673. The summed E-state index contributed by atoms with van der Waals surface area (Å²) in [5.41, 5.74) is 0. The number of esters is 1. The number of fused-ring (bicyclic) bond motifs is 1. The highest BCUT2D eigenvalue weighted by atomic mass is 32.2. The van der Waals surface area contributed by atoms with Crippen LogP contribution in [0.4, 0.5) is 0 Å². The van der Waals surface area contributed by atoms with Gasteiger partial charge in [0.25, 0.3) is 0 Å². The Labute approximate surface area is 170 Å². The van der Waals surface area contributed by atoms with Gasteiger partial charge in [0.2, 0.25) is 11.8 Å². The molecular weight excluding hydrogens is 380 g/mol. The SMILES string of the molecule is CCCCNC(=O)C1N([C@H](C)CO)C(=O)[C@@H]2[C@H](C(=O)OCC)[C@@H]3CC(C)C12S3. The van der Waals surface area contributed by atoms with E-state index in [1.54, 1.807) is 30.5 Å². The first-order valence-electron chi connectivity index (χ1n) is 10.4. The van der Waals surface area contributed by atoms with Crippen molar-refractivity contribution < 1.29 is 24.2 Å². The summed E-state index contributed by atoms with van der Waals surface area (Å²) in [4.78, 5) is 41.0. The highest BCUT2D eigenvalue weighted by Crippen LogP contribution is 2.68. The van der Waals surface area contributed by atoms with Gasteiger partial charge in [-0.2, -0.15) is 0 Å². The smallest absolute Gasteiger partial charge is 0.310 e. The van der Waals surface area contributed by atoms with Gasteiger partial charge in [-0.05, 0) is 32.6 Å². The molecule has 0 aliphatic carbocycles. The van der Waals surface area contributed by atoms with Gasteiger partial charge in [0.15, 0.2) is 0 Å². The lowest BCUT2D eigenvalue weighted by Crippen LogP contribution is -2.58. The number of carbonyl (C=O) groups excluding carboxylic acids is 3. The summed E-state index contributed by atoms with van der Waals surface area (Å²) < 4.78 is 4.65. The normalized spacial score (nSPS) is 37.1. The first-order valence-corrected chi connectivity index (χ1v) is 11.3. The van der Waals surface area contributed by atoms with E-state index in [1.165, 1.54) is 0 Å². The summed E-state index contributed by atoms with van der Waals surface area (Å²) in [6.07, 6.45) is 2.62. The number of hydrogen-bond acceptors (Lipinski definition) is 6. The van der Waals surface area contributed by atoms with E-state index < -0.39 is 28.7 Å². The van der Waals surface area contributed by atoms with E-state index in [1.807, 2.05) is 0 Å². The molecule has 0 aromatic rings. The van der Waals surface area contributed by atoms with Crippen LogP contribution in [0.25, 0.3) is 0 Å². The molecule has 0 aromatic heterocycles. The summed E-state index contributed by atoms with van der Waals surface area (Å²) in [5.74, 6) is -1.67. The van der Waals surface area contributed by atoms with Gasteiger partial charge in [-0.25, -0.2) is 0 Å². The molecule has 7 atom stereocenters. The Bertz CT molecular complexity index is 644. The second-order valence-electron chi connectivity index (χ2n) is 8.23. The second kappa shape index (κ2) is 8.22. The van der Waals surface area contributed by atoms with Gasteiger partial charge < -0.3 is 20.1 Å². The number of thioether (sulfide) groups is 1. The average molecular weight is 413 g/mol. The van der Waals surface area contributed by atoms with Crippen LogP contribution in [0.2, 0.25) is 0 Å². The number of nitrogens with one attached hydrogen (secondary N) is 1. The van der Waals surface area contributed by atoms with Crippen LogP contribution >= 0.6 is 11.8 Å². The van der Waals surface area contributed by atoms with E-state index in [9.17, 15) is 19.5 Å². The highest BCUT2D eigenvalue weighted by molar-refractivity contribution is 8.02. The van der Waals surface area contributed by atoms with E-state index in [4.69, 9.17) is 4.74 Å². The van der Waals surface area contributed by atoms with Crippen molar-refractivity contribution in [1.29, 1.82) is 0 Å². The number of unbranched alkanes of at least 4 members (excludes halogenated alkanes) is 1. The van der Waals surface area contributed by atoms with Crippen molar-refractivity contribution in [1.82, 2.24) is 10.2 Å². The number of likely N-dealkylation sites (tertiary alicyclic amines) is 1. The predicted octanol–water partition coefficient (Wildman–Crippen LogP) is 1.18. The Kier molecular flexibility index (Phi) is 6.29. The Morgan fingerprint density at radius 2 is 2.14 bits per heavy atom. The molecule has 0 saturated carbocycles. The van der Waals surface area contributed by atoms with Gasteiger partial charge >= 0.3 is 5.97 Å². The summed E-state index contributed by atoms with van der Waals surface area (Å²) >= 11 is 1.63. The molecule has 8 heteroatoms. The standard InChI is InChI=1S/C20H32N2O5S/c1-5-7-8-21-17(24)16-20-11(3)9-13(28-20)14(19(26)27-6-2)15(20)18(25)22(16)12(4)10-23/h11-16,23H,5-10H2,1-4H3,(H,21,24)/t11?,12-,13+,14-,15+,16?,20?/m1/s1. The Balaban J connectivity index is 2.01. The number of carbonyl (C=O) groups is 3. The molecule has 3 aliphatic heterocycles. The van der Waals surface area contributed by atoms with Gasteiger partial charge in [-0.3, -0.25) is 14.4 Å². The van der Waals surface area contributed by atoms with Crippen molar-refractivity contribution in [2.45, 2.75) is 69.0 Å². The first kappa shape index (κ1) is 21.4. The maximum atomic E-state index is 13.5. The van der Waals surface area contributed by atoms with Gasteiger partial charge in [-0.1, -0.05) is 20.3 Å². The van der Waals surface area contributed by atoms with Crippen LogP contribution in [-0.2, 0) is 19.1 Å². The number of hydrogen-bond donors (Lipinski definition) is 2. The van der Waals surface area contributed by atoms with Gasteiger partial charge in [0, 0.05) is 11.8 Å². The van der Waals surface area contributed by atoms with Crippen molar-refractivity contribution in [3.8, 4) is 0 Å². The fourth-order valence-corrected chi connectivity index (χ4v) is 7.71. The number of amides is 2. The number of aliphatic hydroxyl groups excluding tert-OH is 1. The summed E-state index contributed by atoms with van der Waals surface area (Å²) in [7, 11) is 0. The zero-order valence-electron chi connectivity index (χ0n) is 17.1. The maximum Gasteiger partial charge on any atom is 0.310 e. The van der Waals surface area contributed by atoms with Crippen LogP contribution in [0, 0.1) is 17.8 Å². The molecule has 3 aliphatic rings. The minimum absolute atomic E-state index is 0.000486. The van der Waals surface area contributed by atoms with Crippen molar-refractivity contribution >= 4 is 29.5 Å². The molecule has 28 heavy (non-hydrogen) atoms.